The zero-order chi connectivity index (χ0) is 18.8. The minimum atomic E-state index is -3.64. The van der Waals surface area contributed by atoms with Gasteiger partial charge in [0, 0.05) is 19.1 Å². The first kappa shape index (κ1) is 19.8. The van der Waals surface area contributed by atoms with Crippen molar-refractivity contribution in [1.82, 2.24) is 14.3 Å². The number of nitrogens with one attached hydrogen (secondary N) is 2. The zero-order valence-electron chi connectivity index (χ0n) is 15.0. The predicted octanol–water partition coefficient (Wildman–Crippen LogP) is 1.14. The third kappa shape index (κ3) is 5.26. The van der Waals surface area contributed by atoms with Crippen LogP contribution in [0.2, 0.25) is 0 Å². The minimum absolute atomic E-state index is 0.0165. The average Bonchev–Trinajstić information content (AvgIpc) is 3.40. The molecule has 0 bridgehead atoms. The van der Waals surface area contributed by atoms with Crippen molar-refractivity contribution in [2.24, 2.45) is 5.92 Å². The Balaban J connectivity index is 1.55. The summed E-state index contributed by atoms with van der Waals surface area (Å²) < 4.78 is 54.2. The number of sulfonamides is 2. The van der Waals surface area contributed by atoms with Crippen LogP contribution in [0.5, 0.6) is 0 Å². The van der Waals surface area contributed by atoms with Gasteiger partial charge in [-0.1, -0.05) is 6.92 Å². The van der Waals surface area contributed by atoms with Crippen LogP contribution < -0.4 is 9.44 Å². The van der Waals surface area contributed by atoms with E-state index >= 15 is 0 Å². The molecule has 0 spiro atoms. The van der Waals surface area contributed by atoms with E-state index in [0.717, 1.165) is 44.7 Å². The first-order valence-electron chi connectivity index (χ1n) is 9.11. The third-order valence-electron chi connectivity index (χ3n) is 4.94. The van der Waals surface area contributed by atoms with Crippen LogP contribution in [-0.4, -0.2) is 54.0 Å². The van der Waals surface area contributed by atoms with E-state index in [2.05, 4.69) is 21.3 Å². The van der Waals surface area contributed by atoms with Gasteiger partial charge in [0.25, 0.3) is 0 Å². The second kappa shape index (κ2) is 7.93. The molecule has 1 aliphatic carbocycles. The number of piperidine rings is 1. The number of nitrogens with zero attached hydrogens (tertiary/aromatic N) is 1. The molecule has 1 aromatic rings. The molecule has 0 radical (unpaired) electrons. The van der Waals surface area contributed by atoms with Gasteiger partial charge in [0.15, 0.2) is 0 Å². The van der Waals surface area contributed by atoms with Crippen molar-refractivity contribution in [3.05, 3.63) is 24.3 Å². The van der Waals surface area contributed by atoms with Crippen molar-refractivity contribution >= 4 is 20.0 Å². The number of hydrogen-bond donors (Lipinski definition) is 2. The van der Waals surface area contributed by atoms with E-state index < -0.39 is 20.0 Å². The first-order chi connectivity index (χ1) is 12.3. The van der Waals surface area contributed by atoms with Crippen molar-refractivity contribution in [3.63, 3.8) is 0 Å². The molecule has 26 heavy (non-hydrogen) atoms. The van der Waals surface area contributed by atoms with Gasteiger partial charge in [0.2, 0.25) is 20.0 Å². The lowest BCUT2D eigenvalue weighted by Crippen LogP contribution is -2.39. The highest BCUT2D eigenvalue weighted by atomic mass is 32.2. The predicted molar refractivity (Wildman–Crippen MR) is 99.8 cm³/mol. The summed E-state index contributed by atoms with van der Waals surface area (Å²) >= 11 is 0. The van der Waals surface area contributed by atoms with E-state index in [4.69, 9.17) is 0 Å². The van der Waals surface area contributed by atoms with Crippen LogP contribution in [0, 0.1) is 5.92 Å². The number of benzene rings is 1. The van der Waals surface area contributed by atoms with Crippen molar-refractivity contribution in [1.29, 1.82) is 0 Å². The topological polar surface area (TPSA) is 95.6 Å². The van der Waals surface area contributed by atoms with E-state index in [0.29, 0.717) is 13.1 Å². The van der Waals surface area contributed by atoms with E-state index in [9.17, 15) is 16.8 Å². The molecule has 0 atom stereocenters. The average molecular weight is 402 g/mol. The Morgan fingerprint density at radius 2 is 1.46 bits per heavy atom. The number of likely N-dealkylation sites (tertiary alicyclic amines) is 1. The molecule has 2 fully saturated rings. The van der Waals surface area contributed by atoms with Crippen LogP contribution in [0.4, 0.5) is 0 Å². The van der Waals surface area contributed by atoms with Gasteiger partial charge < -0.3 is 4.90 Å². The summed E-state index contributed by atoms with van der Waals surface area (Å²) in [5.74, 6) is 0.743. The Morgan fingerprint density at radius 1 is 0.923 bits per heavy atom. The summed E-state index contributed by atoms with van der Waals surface area (Å²) in [5, 5.41) is 0. The fourth-order valence-corrected chi connectivity index (χ4v) is 5.32. The van der Waals surface area contributed by atoms with Gasteiger partial charge in [-0.05, 0) is 69.0 Å². The maximum Gasteiger partial charge on any atom is 0.240 e. The lowest BCUT2D eigenvalue weighted by atomic mass is 9.99. The standard InChI is InChI=1S/C17H27N3O4S2/c1-14-8-11-20(12-9-14)13-10-18-25(21,22)16-4-6-17(7-5-16)26(23,24)19-15-2-3-15/h4-7,14-15,18-19H,2-3,8-13H2,1H3. The Bertz CT molecular complexity index is 810. The highest BCUT2D eigenvalue weighted by Crippen LogP contribution is 2.22. The molecule has 0 unspecified atom stereocenters. The second-order valence-electron chi connectivity index (χ2n) is 7.29. The SMILES string of the molecule is CC1CCN(CCNS(=O)(=O)c2ccc(S(=O)(=O)NC3CC3)cc2)CC1. The molecule has 3 rings (SSSR count). The number of hydrogen-bond acceptors (Lipinski definition) is 5. The summed E-state index contributed by atoms with van der Waals surface area (Å²) in [7, 11) is -7.20. The Morgan fingerprint density at radius 3 is 2.00 bits per heavy atom. The molecule has 0 amide bonds. The normalized spacial score (nSPS) is 20.3. The quantitative estimate of drug-likeness (QED) is 0.681. The summed E-state index contributed by atoms with van der Waals surface area (Å²) in [4.78, 5) is 2.43. The monoisotopic (exact) mass is 401 g/mol. The molecule has 2 aliphatic rings. The third-order valence-corrected chi connectivity index (χ3v) is 7.95. The van der Waals surface area contributed by atoms with E-state index in [1.54, 1.807) is 0 Å². The molecule has 1 heterocycles. The summed E-state index contributed by atoms with van der Waals surface area (Å²) in [6.07, 6.45) is 4.01. The van der Waals surface area contributed by atoms with Crippen molar-refractivity contribution in [2.75, 3.05) is 26.2 Å². The summed E-state index contributed by atoms with van der Waals surface area (Å²) in [6.45, 7) is 5.28. The molecule has 1 aliphatic heterocycles. The minimum Gasteiger partial charge on any atom is -0.302 e. The maximum absolute atomic E-state index is 12.4. The van der Waals surface area contributed by atoms with Crippen molar-refractivity contribution < 1.29 is 16.8 Å². The van der Waals surface area contributed by atoms with Gasteiger partial charge in [0.1, 0.15) is 0 Å². The number of rotatable bonds is 8. The van der Waals surface area contributed by atoms with E-state index in [-0.39, 0.29) is 15.8 Å². The smallest absolute Gasteiger partial charge is 0.240 e. The zero-order valence-corrected chi connectivity index (χ0v) is 16.7. The van der Waals surface area contributed by atoms with E-state index in [1.807, 2.05) is 0 Å². The van der Waals surface area contributed by atoms with Crippen LogP contribution in [0.1, 0.15) is 32.6 Å². The van der Waals surface area contributed by atoms with Crippen molar-refractivity contribution in [2.45, 2.75) is 48.4 Å². The molecule has 146 valence electrons. The lowest BCUT2D eigenvalue weighted by molar-refractivity contribution is 0.195. The van der Waals surface area contributed by atoms with Crippen LogP contribution in [0.3, 0.4) is 0 Å². The van der Waals surface area contributed by atoms with Gasteiger partial charge in [-0.3, -0.25) is 0 Å². The Labute approximate surface area is 156 Å². The molecule has 2 N–H and O–H groups in total. The molecule has 0 aromatic heterocycles. The second-order valence-corrected chi connectivity index (χ2v) is 10.8. The fourth-order valence-electron chi connectivity index (χ4n) is 2.99. The van der Waals surface area contributed by atoms with Crippen molar-refractivity contribution in [3.8, 4) is 0 Å². The molecular formula is C17H27N3O4S2. The maximum atomic E-state index is 12.4. The molecule has 7 nitrogen and oxygen atoms in total. The van der Waals surface area contributed by atoms with Crippen LogP contribution in [0.25, 0.3) is 0 Å². The summed E-state index contributed by atoms with van der Waals surface area (Å²) in [5.41, 5.74) is 0. The molecule has 9 heteroatoms. The van der Waals surface area contributed by atoms with Gasteiger partial charge in [-0.2, -0.15) is 0 Å². The highest BCUT2D eigenvalue weighted by Gasteiger charge is 2.28. The van der Waals surface area contributed by atoms with Gasteiger partial charge in [-0.25, -0.2) is 26.3 Å². The van der Waals surface area contributed by atoms with E-state index in [1.165, 1.54) is 24.3 Å². The van der Waals surface area contributed by atoms with Crippen LogP contribution >= 0.6 is 0 Å². The molecular weight excluding hydrogens is 374 g/mol. The largest absolute Gasteiger partial charge is 0.302 e. The first-order valence-corrected chi connectivity index (χ1v) is 12.1. The molecule has 1 saturated carbocycles. The van der Waals surface area contributed by atoms with Gasteiger partial charge in [-0.15, -0.1) is 0 Å². The Kier molecular flexibility index (Phi) is 6.03. The molecule has 1 saturated heterocycles. The lowest BCUT2D eigenvalue weighted by Gasteiger charge is -2.30. The van der Waals surface area contributed by atoms with Crippen LogP contribution in [0.15, 0.2) is 34.1 Å². The fraction of sp³-hybridized carbons (Fsp3) is 0.647. The summed E-state index contributed by atoms with van der Waals surface area (Å²) in [6, 6.07) is 5.37. The van der Waals surface area contributed by atoms with Crippen LogP contribution in [-0.2, 0) is 20.0 Å². The Hall–Kier alpha value is -1.00. The van der Waals surface area contributed by atoms with Gasteiger partial charge in [0.05, 0.1) is 9.79 Å². The molecule has 1 aromatic carbocycles. The van der Waals surface area contributed by atoms with Gasteiger partial charge >= 0.3 is 0 Å². The highest BCUT2D eigenvalue weighted by molar-refractivity contribution is 7.90.